The molecule has 0 radical (unpaired) electrons. The van der Waals surface area contributed by atoms with E-state index in [0.29, 0.717) is 5.71 Å². The molecular formula is C54H31NO. The second-order valence-electron chi connectivity index (χ2n) is 15.3. The summed E-state index contributed by atoms with van der Waals surface area (Å²) >= 11 is 0. The molecule has 0 bridgehead atoms. The molecule has 11 aromatic rings. The predicted octanol–water partition coefficient (Wildman–Crippen LogP) is 14.1. The lowest BCUT2D eigenvalue weighted by atomic mass is 9.69. The summed E-state index contributed by atoms with van der Waals surface area (Å²) in [7, 11) is 0. The molecular weight excluding hydrogens is 679 g/mol. The summed E-state index contributed by atoms with van der Waals surface area (Å²) in [5, 5.41) is 9.56. The van der Waals surface area contributed by atoms with E-state index in [4.69, 9.17) is 9.40 Å². The molecule has 0 aliphatic heterocycles. The van der Waals surface area contributed by atoms with E-state index < -0.39 is 5.41 Å². The fourth-order valence-electron chi connectivity index (χ4n) is 10.6. The number of benzene rings is 9. The lowest BCUT2D eigenvalue weighted by Gasteiger charge is -2.31. The third-order valence-corrected chi connectivity index (χ3v) is 12.7. The highest BCUT2D eigenvalue weighted by Crippen LogP contribution is 2.67. The average molecular weight is 710 g/mol. The number of fused-ring (bicyclic) bond motifs is 19. The molecule has 1 atom stereocenters. The highest BCUT2D eigenvalue weighted by molar-refractivity contribution is 6.24. The number of hydrogen-bond donors (Lipinski definition) is 0. The minimum Gasteiger partial charge on any atom is -0.437 e. The van der Waals surface area contributed by atoms with Gasteiger partial charge in [0.2, 0.25) is 5.71 Å². The Morgan fingerprint density at radius 2 is 1.02 bits per heavy atom. The van der Waals surface area contributed by atoms with Gasteiger partial charge in [-0.15, -0.1) is 0 Å². The minimum atomic E-state index is -0.618. The van der Waals surface area contributed by atoms with Crippen LogP contribution in [0.3, 0.4) is 0 Å². The quantitative estimate of drug-likeness (QED) is 0.179. The van der Waals surface area contributed by atoms with Crippen molar-refractivity contribution in [2.24, 2.45) is 0 Å². The molecule has 0 saturated heterocycles. The second kappa shape index (κ2) is 10.9. The Kier molecular flexibility index (Phi) is 5.86. The van der Waals surface area contributed by atoms with E-state index in [1.54, 1.807) is 0 Å². The van der Waals surface area contributed by atoms with E-state index in [1.165, 1.54) is 88.0 Å². The van der Waals surface area contributed by atoms with E-state index in [0.717, 1.165) is 27.5 Å². The molecule has 0 N–H and O–H groups in total. The first-order chi connectivity index (χ1) is 27.8. The van der Waals surface area contributed by atoms with Gasteiger partial charge in [0.05, 0.1) is 5.41 Å². The summed E-state index contributed by atoms with van der Waals surface area (Å²) in [5.74, 6) is 0. The Morgan fingerprint density at radius 3 is 1.89 bits per heavy atom. The lowest BCUT2D eigenvalue weighted by Crippen LogP contribution is -2.26. The zero-order valence-corrected chi connectivity index (χ0v) is 30.3. The van der Waals surface area contributed by atoms with Gasteiger partial charge in [-0.25, -0.2) is 4.98 Å². The van der Waals surface area contributed by atoms with Crippen molar-refractivity contribution in [3.8, 4) is 44.5 Å². The van der Waals surface area contributed by atoms with Crippen LogP contribution in [0.25, 0.3) is 98.9 Å². The van der Waals surface area contributed by atoms with E-state index in [-0.39, 0.29) is 0 Å². The zero-order valence-electron chi connectivity index (χ0n) is 30.3. The number of rotatable bonds is 2. The van der Waals surface area contributed by atoms with E-state index in [9.17, 15) is 0 Å². The molecule has 2 nitrogen and oxygen atoms in total. The van der Waals surface area contributed by atoms with Crippen LogP contribution in [-0.4, -0.2) is 4.98 Å². The Morgan fingerprint density at radius 1 is 0.375 bits per heavy atom. The first-order valence-electron chi connectivity index (χ1n) is 19.4. The fourth-order valence-corrected chi connectivity index (χ4v) is 10.6. The van der Waals surface area contributed by atoms with Crippen LogP contribution in [0.2, 0.25) is 0 Å². The third-order valence-electron chi connectivity index (χ3n) is 12.7. The summed E-state index contributed by atoms with van der Waals surface area (Å²) in [6, 6.07) is 67.3. The van der Waals surface area contributed by atoms with Crippen LogP contribution < -0.4 is 0 Å². The number of pyridine rings is 1. The molecule has 9 aromatic carbocycles. The van der Waals surface area contributed by atoms with Crippen LogP contribution in [0, 0.1) is 0 Å². The zero-order chi connectivity index (χ0) is 36.5. The number of furan rings is 1. The summed E-state index contributed by atoms with van der Waals surface area (Å²) < 4.78 is 6.97. The molecule has 2 aliphatic rings. The maximum absolute atomic E-state index is 6.97. The van der Waals surface area contributed by atoms with Gasteiger partial charge < -0.3 is 4.42 Å². The third kappa shape index (κ3) is 3.69. The molecule has 1 spiro atoms. The topological polar surface area (TPSA) is 26.0 Å². The van der Waals surface area contributed by atoms with Crippen LogP contribution >= 0.6 is 0 Å². The number of aromatic nitrogens is 1. The van der Waals surface area contributed by atoms with Crippen molar-refractivity contribution in [3.63, 3.8) is 0 Å². The van der Waals surface area contributed by atoms with Gasteiger partial charge in [-0.2, -0.15) is 0 Å². The van der Waals surface area contributed by atoms with Crippen molar-refractivity contribution in [3.05, 3.63) is 210 Å². The van der Waals surface area contributed by atoms with Crippen molar-refractivity contribution in [2.45, 2.75) is 5.41 Å². The van der Waals surface area contributed by atoms with E-state index in [1.807, 2.05) is 12.3 Å². The Hall–Kier alpha value is -7.29. The standard InChI is InChI=1S/C54H31NO/c1-2-14-33(15-3-1)42-30-46-49(39-22-9-8-21-38(39)42)51-47(54(46)44-26-11-10-23-40(44)48-36-20-7-5-17-34(36)27-28-45(48)54)31-43(37-24-12-18-32-16-4-6-19-35(32)37)52-50(51)41-25-13-29-55-53(41)56-52/h1-31H. The molecule has 0 fully saturated rings. The number of nitrogens with zero attached hydrogens (tertiary/aromatic N) is 1. The van der Waals surface area contributed by atoms with E-state index in [2.05, 4.69) is 176 Å². The predicted molar refractivity (Wildman–Crippen MR) is 231 cm³/mol. The van der Waals surface area contributed by atoms with Crippen LogP contribution in [-0.2, 0) is 5.41 Å². The van der Waals surface area contributed by atoms with Gasteiger partial charge in [0, 0.05) is 22.5 Å². The molecule has 2 heteroatoms. The number of hydrogen-bond acceptors (Lipinski definition) is 2. The summed E-state index contributed by atoms with van der Waals surface area (Å²) in [4.78, 5) is 4.84. The largest absolute Gasteiger partial charge is 0.437 e. The van der Waals surface area contributed by atoms with Crippen LogP contribution in [0.5, 0.6) is 0 Å². The molecule has 2 aromatic heterocycles. The van der Waals surface area contributed by atoms with Gasteiger partial charge >= 0.3 is 0 Å². The molecule has 2 aliphatic carbocycles. The molecule has 1 unspecified atom stereocenters. The van der Waals surface area contributed by atoms with Crippen LogP contribution in [0.15, 0.2) is 193 Å². The first-order valence-corrected chi connectivity index (χ1v) is 19.4. The summed E-state index contributed by atoms with van der Waals surface area (Å²) in [6.45, 7) is 0. The SMILES string of the molecule is c1ccc(-c2cc3c(c4ccccc24)-c2c(cc(-c4cccc5ccccc45)c4oc5ncccc5c24)C32c3ccccc3-c3c2ccc2ccccc32)cc1. The first kappa shape index (κ1) is 30.1. The van der Waals surface area contributed by atoms with Gasteiger partial charge in [0.25, 0.3) is 0 Å². The smallest absolute Gasteiger partial charge is 0.227 e. The van der Waals surface area contributed by atoms with Crippen molar-refractivity contribution in [1.82, 2.24) is 4.98 Å². The van der Waals surface area contributed by atoms with Gasteiger partial charge in [-0.1, -0.05) is 158 Å². The maximum Gasteiger partial charge on any atom is 0.227 e. The summed E-state index contributed by atoms with van der Waals surface area (Å²) in [5.41, 5.74) is 15.9. The van der Waals surface area contributed by atoms with Crippen molar-refractivity contribution in [1.29, 1.82) is 0 Å². The van der Waals surface area contributed by atoms with Crippen molar-refractivity contribution < 1.29 is 4.42 Å². The van der Waals surface area contributed by atoms with Crippen LogP contribution in [0.1, 0.15) is 22.3 Å². The Balaban J connectivity index is 1.31. The van der Waals surface area contributed by atoms with Gasteiger partial charge in [-0.05, 0) is 118 Å². The molecule has 2 heterocycles. The average Bonchev–Trinajstić information content (AvgIpc) is 3.90. The van der Waals surface area contributed by atoms with Crippen molar-refractivity contribution in [2.75, 3.05) is 0 Å². The van der Waals surface area contributed by atoms with Gasteiger partial charge in [0.15, 0.2) is 0 Å². The molecule has 258 valence electrons. The van der Waals surface area contributed by atoms with Crippen molar-refractivity contribution >= 4 is 54.4 Å². The lowest BCUT2D eigenvalue weighted by molar-refractivity contribution is 0.655. The molecule has 13 rings (SSSR count). The minimum absolute atomic E-state index is 0.618. The van der Waals surface area contributed by atoms with Crippen LogP contribution in [0.4, 0.5) is 0 Å². The fraction of sp³-hybridized carbons (Fsp3) is 0.0185. The van der Waals surface area contributed by atoms with E-state index >= 15 is 0 Å². The summed E-state index contributed by atoms with van der Waals surface area (Å²) in [6.07, 6.45) is 1.84. The van der Waals surface area contributed by atoms with Gasteiger partial charge in [-0.3, -0.25) is 0 Å². The Bertz CT molecular complexity index is 3480. The Labute approximate surface area is 322 Å². The maximum atomic E-state index is 6.97. The second-order valence-corrected chi connectivity index (χ2v) is 15.3. The highest BCUT2D eigenvalue weighted by Gasteiger charge is 2.54. The molecule has 0 amide bonds. The van der Waals surface area contributed by atoms with Gasteiger partial charge in [0.1, 0.15) is 5.58 Å². The molecule has 0 saturated carbocycles. The molecule has 56 heavy (non-hydrogen) atoms. The highest BCUT2D eigenvalue weighted by atomic mass is 16.3. The normalized spacial score (nSPS) is 15.2. The monoisotopic (exact) mass is 709 g/mol.